The van der Waals surface area contributed by atoms with Gasteiger partial charge in [0.15, 0.2) is 11.6 Å². The first-order valence-corrected chi connectivity index (χ1v) is 5.63. The molecule has 0 amide bonds. The topological polar surface area (TPSA) is 62.7 Å². The smallest absolute Gasteiger partial charge is 0.224 e. The van der Waals surface area contributed by atoms with Crippen molar-refractivity contribution in [2.75, 3.05) is 24.2 Å². The van der Waals surface area contributed by atoms with Gasteiger partial charge in [-0.2, -0.15) is 4.98 Å². The van der Waals surface area contributed by atoms with Crippen LogP contribution in [0, 0.1) is 5.82 Å². The molecule has 0 fully saturated rings. The maximum absolute atomic E-state index is 13.4. The number of hydrogen-bond acceptors (Lipinski definition) is 5. The normalized spacial score (nSPS) is 10.1. The molecule has 2 heterocycles. The molecule has 0 saturated heterocycles. The number of hydrogen-bond donors (Lipinski definition) is 2. The maximum Gasteiger partial charge on any atom is 0.224 e. The molecule has 18 heavy (non-hydrogen) atoms. The first kappa shape index (κ1) is 12.2. The minimum absolute atomic E-state index is 0.199. The van der Waals surface area contributed by atoms with Crippen LogP contribution in [0.15, 0.2) is 30.6 Å². The third-order valence-electron chi connectivity index (χ3n) is 2.37. The van der Waals surface area contributed by atoms with Crippen molar-refractivity contribution in [3.8, 4) is 0 Å². The molecular formula is C12H14FN5. The largest absolute Gasteiger partial charge is 0.367 e. The summed E-state index contributed by atoms with van der Waals surface area (Å²) >= 11 is 0. The van der Waals surface area contributed by atoms with Crippen molar-refractivity contribution in [1.82, 2.24) is 15.0 Å². The molecule has 0 aromatic carbocycles. The fourth-order valence-electron chi connectivity index (χ4n) is 1.47. The van der Waals surface area contributed by atoms with Gasteiger partial charge in [0.1, 0.15) is 0 Å². The fourth-order valence-corrected chi connectivity index (χ4v) is 1.47. The number of rotatable bonds is 5. The monoisotopic (exact) mass is 247 g/mol. The van der Waals surface area contributed by atoms with Gasteiger partial charge in [-0.15, -0.1) is 0 Å². The van der Waals surface area contributed by atoms with Crippen molar-refractivity contribution in [2.45, 2.75) is 6.42 Å². The Morgan fingerprint density at radius 2 is 2.17 bits per heavy atom. The SMILES string of the molecule is CNc1ncc(F)c(NCCc2ccccn2)n1. The van der Waals surface area contributed by atoms with Crippen LogP contribution >= 0.6 is 0 Å². The standard InChI is InChI=1S/C12H14FN5/c1-14-12-17-8-10(13)11(18-12)16-7-5-9-4-2-3-6-15-9/h2-4,6,8H,5,7H2,1H3,(H2,14,16,17,18). The minimum Gasteiger partial charge on any atom is -0.367 e. The van der Waals surface area contributed by atoms with Gasteiger partial charge in [0, 0.05) is 31.9 Å². The van der Waals surface area contributed by atoms with Gasteiger partial charge < -0.3 is 10.6 Å². The molecule has 0 atom stereocenters. The highest BCUT2D eigenvalue weighted by Crippen LogP contribution is 2.11. The van der Waals surface area contributed by atoms with Crippen LogP contribution in [-0.2, 0) is 6.42 Å². The molecular weight excluding hydrogens is 233 g/mol. The van der Waals surface area contributed by atoms with Gasteiger partial charge in [-0.25, -0.2) is 9.37 Å². The van der Waals surface area contributed by atoms with Crippen LogP contribution in [0.2, 0.25) is 0 Å². The number of aromatic nitrogens is 3. The molecule has 0 unspecified atom stereocenters. The average Bonchev–Trinajstić information content (AvgIpc) is 2.42. The summed E-state index contributed by atoms with van der Waals surface area (Å²) < 4.78 is 13.4. The second-order valence-corrected chi connectivity index (χ2v) is 3.64. The Labute approximate surface area is 105 Å². The summed E-state index contributed by atoms with van der Waals surface area (Å²) in [6.07, 6.45) is 3.58. The van der Waals surface area contributed by atoms with E-state index in [1.54, 1.807) is 13.2 Å². The van der Waals surface area contributed by atoms with Gasteiger partial charge in [0.05, 0.1) is 6.20 Å². The Morgan fingerprint density at radius 3 is 2.89 bits per heavy atom. The first-order chi connectivity index (χ1) is 8.79. The zero-order valence-electron chi connectivity index (χ0n) is 10.0. The Hall–Kier alpha value is -2.24. The van der Waals surface area contributed by atoms with E-state index in [1.807, 2.05) is 18.2 Å². The number of pyridine rings is 1. The van der Waals surface area contributed by atoms with Gasteiger partial charge in [-0.05, 0) is 12.1 Å². The van der Waals surface area contributed by atoms with Crippen molar-refractivity contribution >= 4 is 11.8 Å². The number of nitrogens with one attached hydrogen (secondary N) is 2. The molecule has 0 aliphatic heterocycles. The van der Waals surface area contributed by atoms with Crippen LogP contribution < -0.4 is 10.6 Å². The number of anilines is 2. The lowest BCUT2D eigenvalue weighted by molar-refractivity contribution is 0.617. The Bertz CT molecular complexity index is 503. The highest BCUT2D eigenvalue weighted by atomic mass is 19.1. The second-order valence-electron chi connectivity index (χ2n) is 3.64. The molecule has 2 aromatic heterocycles. The fraction of sp³-hybridized carbons (Fsp3) is 0.250. The first-order valence-electron chi connectivity index (χ1n) is 5.63. The van der Waals surface area contributed by atoms with Crippen molar-refractivity contribution in [2.24, 2.45) is 0 Å². The van der Waals surface area contributed by atoms with Gasteiger partial charge in [-0.1, -0.05) is 6.07 Å². The molecule has 2 aromatic rings. The zero-order chi connectivity index (χ0) is 12.8. The van der Waals surface area contributed by atoms with Crippen molar-refractivity contribution in [1.29, 1.82) is 0 Å². The lowest BCUT2D eigenvalue weighted by atomic mass is 10.3. The van der Waals surface area contributed by atoms with Crippen molar-refractivity contribution < 1.29 is 4.39 Å². The molecule has 0 bridgehead atoms. The summed E-state index contributed by atoms with van der Waals surface area (Å²) in [5, 5.41) is 5.69. The van der Waals surface area contributed by atoms with E-state index in [0.29, 0.717) is 18.9 Å². The van der Waals surface area contributed by atoms with E-state index in [4.69, 9.17) is 0 Å². The minimum atomic E-state index is -0.463. The van der Waals surface area contributed by atoms with Crippen LogP contribution in [0.1, 0.15) is 5.69 Å². The molecule has 0 spiro atoms. The highest BCUT2D eigenvalue weighted by molar-refractivity contribution is 5.40. The molecule has 94 valence electrons. The predicted octanol–water partition coefficient (Wildman–Crippen LogP) is 1.71. The van der Waals surface area contributed by atoms with Crippen LogP contribution in [0.4, 0.5) is 16.2 Å². The molecule has 2 N–H and O–H groups in total. The Morgan fingerprint density at radius 1 is 1.28 bits per heavy atom. The van der Waals surface area contributed by atoms with Gasteiger partial charge in [0.2, 0.25) is 5.95 Å². The van der Waals surface area contributed by atoms with Crippen molar-refractivity contribution in [3.05, 3.63) is 42.1 Å². The number of nitrogens with zero attached hydrogens (tertiary/aromatic N) is 3. The maximum atomic E-state index is 13.4. The summed E-state index contributed by atoms with van der Waals surface area (Å²) in [5.74, 6) is 0.122. The van der Waals surface area contributed by atoms with Crippen molar-refractivity contribution in [3.63, 3.8) is 0 Å². The molecule has 6 heteroatoms. The Balaban J connectivity index is 1.94. The lowest BCUT2D eigenvalue weighted by Gasteiger charge is -2.07. The second kappa shape index (κ2) is 5.90. The van der Waals surface area contributed by atoms with Crippen LogP contribution in [-0.4, -0.2) is 28.5 Å². The predicted molar refractivity (Wildman–Crippen MR) is 68.0 cm³/mol. The van der Waals surface area contributed by atoms with E-state index in [2.05, 4.69) is 25.6 Å². The van der Waals surface area contributed by atoms with E-state index in [9.17, 15) is 4.39 Å². The van der Waals surface area contributed by atoms with E-state index < -0.39 is 5.82 Å². The summed E-state index contributed by atoms with van der Waals surface area (Å²) in [7, 11) is 1.69. The summed E-state index contributed by atoms with van der Waals surface area (Å²) in [6, 6.07) is 5.71. The third kappa shape index (κ3) is 3.13. The van der Waals surface area contributed by atoms with Crippen LogP contribution in [0.3, 0.4) is 0 Å². The summed E-state index contributed by atoms with van der Waals surface area (Å²) in [4.78, 5) is 12.0. The van der Waals surface area contributed by atoms with Crippen LogP contribution in [0.5, 0.6) is 0 Å². The highest BCUT2D eigenvalue weighted by Gasteiger charge is 2.05. The third-order valence-corrected chi connectivity index (χ3v) is 2.37. The molecule has 0 aliphatic rings. The van der Waals surface area contributed by atoms with Crippen LogP contribution in [0.25, 0.3) is 0 Å². The molecule has 0 radical (unpaired) electrons. The zero-order valence-corrected chi connectivity index (χ0v) is 10.0. The Kier molecular flexibility index (Phi) is 4.01. The summed E-state index contributed by atoms with van der Waals surface area (Å²) in [6.45, 7) is 0.564. The van der Waals surface area contributed by atoms with E-state index in [1.165, 1.54) is 0 Å². The summed E-state index contributed by atoms with van der Waals surface area (Å²) in [5.41, 5.74) is 0.952. The average molecular weight is 247 g/mol. The van der Waals surface area contributed by atoms with Gasteiger partial charge >= 0.3 is 0 Å². The lowest BCUT2D eigenvalue weighted by Crippen LogP contribution is -2.10. The van der Waals surface area contributed by atoms with E-state index in [0.717, 1.165) is 11.9 Å². The number of halogens is 1. The van der Waals surface area contributed by atoms with Gasteiger partial charge in [-0.3, -0.25) is 4.98 Å². The molecule has 5 nitrogen and oxygen atoms in total. The molecule has 0 aliphatic carbocycles. The molecule has 2 rings (SSSR count). The van der Waals surface area contributed by atoms with E-state index >= 15 is 0 Å². The quantitative estimate of drug-likeness (QED) is 0.842. The molecule has 0 saturated carbocycles. The van der Waals surface area contributed by atoms with Gasteiger partial charge in [0.25, 0.3) is 0 Å². The van der Waals surface area contributed by atoms with E-state index in [-0.39, 0.29) is 5.82 Å².